The standard InChI is InChI=1S/C14H17N3O4.ClH/c1-21-13-3-2-11(17(19)20)4-12(13)14(18)16-7-9-5-15-6-10(9)8-16;/h2-4,9-10,15H,5-8H2,1H3;1H/t9-,10+;. The number of nitro benzene ring substituents is 1. The Kier molecular flexibility index (Phi) is 4.87. The summed E-state index contributed by atoms with van der Waals surface area (Å²) in [6, 6.07) is 4.12. The van der Waals surface area contributed by atoms with Crippen LogP contribution in [-0.4, -0.2) is 49.0 Å². The number of methoxy groups -OCH3 is 1. The molecule has 22 heavy (non-hydrogen) atoms. The molecule has 0 unspecified atom stereocenters. The van der Waals surface area contributed by atoms with Gasteiger partial charge in [0.15, 0.2) is 0 Å². The lowest BCUT2D eigenvalue weighted by Gasteiger charge is -2.18. The van der Waals surface area contributed by atoms with Gasteiger partial charge in [-0.15, -0.1) is 12.4 Å². The summed E-state index contributed by atoms with van der Waals surface area (Å²) < 4.78 is 5.17. The lowest BCUT2D eigenvalue weighted by Crippen LogP contribution is -2.32. The maximum atomic E-state index is 12.6. The Morgan fingerprint density at radius 3 is 2.55 bits per heavy atom. The van der Waals surface area contributed by atoms with Crippen molar-refractivity contribution in [3.8, 4) is 5.75 Å². The second-order valence-corrected chi connectivity index (χ2v) is 5.53. The van der Waals surface area contributed by atoms with E-state index in [1.165, 1.54) is 25.3 Å². The van der Waals surface area contributed by atoms with Gasteiger partial charge in [-0.1, -0.05) is 0 Å². The van der Waals surface area contributed by atoms with E-state index in [0.717, 1.165) is 13.1 Å². The summed E-state index contributed by atoms with van der Waals surface area (Å²) in [5, 5.41) is 14.2. The van der Waals surface area contributed by atoms with Crippen LogP contribution >= 0.6 is 12.4 Å². The number of fused-ring (bicyclic) bond motifs is 1. The maximum absolute atomic E-state index is 12.6. The van der Waals surface area contributed by atoms with E-state index in [0.29, 0.717) is 30.7 Å². The minimum absolute atomic E-state index is 0. The van der Waals surface area contributed by atoms with Crippen LogP contribution in [0.1, 0.15) is 10.4 Å². The maximum Gasteiger partial charge on any atom is 0.270 e. The molecule has 2 atom stereocenters. The number of halogens is 1. The molecule has 0 aliphatic carbocycles. The van der Waals surface area contributed by atoms with Gasteiger partial charge in [-0.2, -0.15) is 0 Å². The van der Waals surface area contributed by atoms with Crippen molar-refractivity contribution < 1.29 is 14.5 Å². The van der Waals surface area contributed by atoms with Crippen molar-refractivity contribution in [2.45, 2.75) is 0 Å². The van der Waals surface area contributed by atoms with Crippen LogP contribution in [0.15, 0.2) is 18.2 Å². The van der Waals surface area contributed by atoms with E-state index in [1.54, 1.807) is 4.90 Å². The molecule has 120 valence electrons. The van der Waals surface area contributed by atoms with Crippen LogP contribution in [0.3, 0.4) is 0 Å². The smallest absolute Gasteiger partial charge is 0.270 e. The summed E-state index contributed by atoms with van der Waals surface area (Å²) in [7, 11) is 1.46. The summed E-state index contributed by atoms with van der Waals surface area (Å²) in [6.45, 7) is 3.26. The highest BCUT2D eigenvalue weighted by Gasteiger charge is 2.39. The van der Waals surface area contributed by atoms with Gasteiger partial charge in [0.1, 0.15) is 5.75 Å². The molecule has 0 spiro atoms. The SMILES string of the molecule is COc1ccc([N+](=O)[O-])cc1C(=O)N1C[C@H]2CNC[C@H]2C1.Cl. The molecule has 0 radical (unpaired) electrons. The number of rotatable bonds is 3. The first-order chi connectivity index (χ1) is 10.1. The second kappa shape index (κ2) is 6.50. The topological polar surface area (TPSA) is 84.7 Å². The van der Waals surface area contributed by atoms with Crippen LogP contribution in [0, 0.1) is 22.0 Å². The van der Waals surface area contributed by atoms with Gasteiger partial charge in [0.2, 0.25) is 0 Å². The minimum atomic E-state index is -0.501. The third-order valence-electron chi connectivity index (χ3n) is 4.30. The van der Waals surface area contributed by atoms with Gasteiger partial charge in [-0.3, -0.25) is 14.9 Å². The number of amides is 1. The number of nitrogens with one attached hydrogen (secondary N) is 1. The highest BCUT2D eigenvalue weighted by Crippen LogP contribution is 2.30. The average Bonchev–Trinajstić information content (AvgIpc) is 3.06. The van der Waals surface area contributed by atoms with Crippen LogP contribution < -0.4 is 10.1 Å². The molecule has 3 rings (SSSR count). The minimum Gasteiger partial charge on any atom is -0.496 e. The fourth-order valence-corrected chi connectivity index (χ4v) is 3.17. The molecule has 2 aliphatic rings. The molecule has 0 bridgehead atoms. The van der Waals surface area contributed by atoms with E-state index in [4.69, 9.17) is 4.74 Å². The first-order valence-corrected chi connectivity index (χ1v) is 6.92. The van der Waals surface area contributed by atoms with Crippen molar-refractivity contribution in [3.05, 3.63) is 33.9 Å². The van der Waals surface area contributed by atoms with Gasteiger partial charge in [0.05, 0.1) is 17.6 Å². The molecule has 0 aromatic heterocycles. The molecule has 2 saturated heterocycles. The van der Waals surface area contributed by atoms with E-state index >= 15 is 0 Å². The fourth-order valence-electron chi connectivity index (χ4n) is 3.17. The zero-order chi connectivity index (χ0) is 15.0. The monoisotopic (exact) mass is 327 g/mol. The molecule has 2 heterocycles. The van der Waals surface area contributed by atoms with E-state index in [9.17, 15) is 14.9 Å². The number of likely N-dealkylation sites (tertiary alicyclic amines) is 1. The quantitative estimate of drug-likeness (QED) is 0.668. The Morgan fingerprint density at radius 1 is 1.36 bits per heavy atom. The fraction of sp³-hybridized carbons (Fsp3) is 0.500. The first-order valence-electron chi connectivity index (χ1n) is 6.92. The molecule has 1 N–H and O–H groups in total. The average molecular weight is 328 g/mol. The highest BCUT2D eigenvalue weighted by atomic mass is 35.5. The Hall–Kier alpha value is -1.86. The number of carbonyl (C=O) groups excluding carboxylic acids is 1. The molecule has 2 aliphatic heterocycles. The lowest BCUT2D eigenvalue weighted by molar-refractivity contribution is -0.384. The van der Waals surface area contributed by atoms with Crippen molar-refractivity contribution >= 4 is 24.0 Å². The molecular weight excluding hydrogens is 310 g/mol. The van der Waals surface area contributed by atoms with Gasteiger partial charge >= 0.3 is 0 Å². The molecule has 1 aromatic rings. The van der Waals surface area contributed by atoms with E-state index in [1.807, 2.05) is 0 Å². The van der Waals surface area contributed by atoms with Gasteiger partial charge in [0.25, 0.3) is 11.6 Å². The first kappa shape index (κ1) is 16.5. The normalized spacial score (nSPS) is 22.9. The van der Waals surface area contributed by atoms with E-state index in [-0.39, 0.29) is 29.6 Å². The van der Waals surface area contributed by atoms with Crippen LogP contribution in [0.25, 0.3) is 0 Å². The predicted molar refractivity (Wildman–Crippen MR) is 82.6 cm³/mol. The zero-order valence-electron chi connectivity index (χ0n) is 12.2. The molecule has 0 saturated carbocycles. The number of nitro groups is 1. The van der Waals surface area contributed by atoms with Crippen molar-refractivity contribution in [2.24, 2.45) is 11.8 Å². The Bertz CT molecular complexity index is 583. The van der Waals surface area contributed by atoms with Gasteiger partial charge < -0.3 is 15.0 Å². The zero-order valence-corrected chi connectivity index (χ0v) is 13.0. The lowest BCUT2D eigenvalue weighted by atomic mass is 10.0. The van der Waals surface area contributed by atoms with Crippen molar-refractivity contribution in [1.82, 2.24) is 10.2 Å². The predicted octanol–water partition coefficient (Wildman–Crippen LogP) is 1.32. The third kappa shape index (κ3) is 2.86. The number of non-ortho nitro benzene ring substituents is 1. The highest BCUT2D eigenvalue weighted by molar-refractivity contribution is 5.97. The summed E-state index contributed by atoms with van der Waals surface area (Å²) in [6.07, 6.45) is 0. The van der Waals surface area contributed by atoms with Gasteiger partial charge in [-0.25, -0.2) is 0 Å². The molecule has 2 fully saturated rings. The van der Waals surface area contributed by atoms with Crippen molar-refractivity contribution in [3.63, 3.8) is 0 Å². The Balaban J connectivity index is 0.00000176. The second-order valence-electron chi connectivity index (χ2n) is 5.53. The number of carbonyl (C=O) groups is 1. The van der Waals surface area contributed by atoms with Crippen LogP contribution in [-0.2, 0) is 0 Å². The Morgan fingerprint density at radius 2 is 2.00 bits per heavy atom. The van der Waals surface area contributed by atoms with Crippen molar-refractivity contribution in [2.75, 3.05) is 33.3 Å². The summed E-state index contributed by atoms with van der Waals surface area (Å²) in [4.78, 5) is 24.8. The van der Waals surface area contributed by atoms with Gasteiger partial charge in [0, 0.05) is 38.3 Å². The largest absolute Gasteiger partial charge is 0.496 e. The summed E-state index contributed by atoms with van der Waals surface area (Å²) >= 11 is 0. The van der Waals surface area contributed by atoms with Crippen LogP contribution in [0.2, 0.25) is 0 Å². The number of benzene rings is 1. The number of ether oxygens (including phenoxy) is 1. The molecule has 7 nitrogen and oxygen atoms in total. The number of hydrogen-bond donors (Lipinski definition) is 1. The Labute approximate surface area is 134 Å². The van der Waals surface area contributed by atoms with Gasteiger partial charge in [-0.05, 0) is 17.9 Å². The van der Waals surface area contributed by atoms with E-state index < -0.39 is 4.92 Å². The summed E-state index contributed by atoms with van der Waals surface area (Å²) in [5.41, 5.74) is 0.167. The van der Waals surface area contributed by atoms with Crippen molar-refractivity contribution in [1.29, 1.82) is 0 Å². The third-order valence-corrected chi connectivity index (χ3v) is 4.30. The van der Waals surface area contributed by atoms with Crippen LogP contribution in [0.5, 0.6) is 5.75 Å². The number of hydrogen-bond acceptors (Lipinski definition) is 5. The molecular formula is C14H18ClN3O4. The van der Waals surface area contributed by atoms with Crippen LogP contribution in [0.4, 0.5) is 5.69 Å². The van der Waals surface area contributed by atoms with E-state index in [2.05, 4.69) is 5.32 Å². The number of nitrogens with zero attached hydrogens (tertiary/aromatic N) is 2. The molecule has 1 aromatic carbocycles. The molecule has 1 amide bonds. The summed E-state index contributed by atoms with van der Waals surface area (Å²) in [5.74, 6) is 1.16. The molecule has 8 heteroatoms.